The van der Waals surface area contributed by atoms with E-state index in [9.17, 15) is 4.79 Å². The lowest BCUT2D eigenvalue weighted by atomic mass is 10.1. The number of hydrogen-bond acceptors (Lipinski definition) is 3. The fourth-order valence-electron chi connectivity index (χ4n) is 1.84. The molecule has 2 rings (SSSR count). The van der Waals surface area contributed by atoms with Crippen LogP contribution in [0.25, 0.3) is 0 Å². The van der Waals surface area contributed by atoms with Crippen LogP contribution < -0.4 is 11.1 Å². The minimum atomic E-state index is -0.313. The van der Waals surface area contributed by atoms with Crippen molar-refractivity contribution in [3.8, 4) is 0 Å². The average Bonchev–Trinajstić information content (AvgIpc) is 2.84. The van der Waals surface area contributed by atoms with Crippen molar-refractivity contribution in [2.45, 2.75) is 19.4 Å². The van der Waals surface area contributed by atoms with Crippen LogP contribution in [0.15, 0.2) is 41.1 Å². The second-order valence-electron chi connectivity index (χ2n) is 4.22. The Labute approximate surface area is 111 Å². The lowest BCUT2D eigenvalue weighted by Crippen LogP contribution is -2.15. The number of para-hydroxylation sites is 1. The summed E-state index contributed by atoms with van der Waals surface area (Å²) in [6.07, 6.45) is 0.263. The Morgan fingerprint density at radius 3 is 2.83 bits per heavy atom. The van der Waals surface area contributed by atoms with Crippen molar-refractivity contribution in [2.75, 3.05) is 5.32 Å². The van der Waals surface area contributed by atoms with Crippen LogP contribution in [0.2, 0.25) is 0 Å². The average molecular weight is 260 g/mol. The van der Waals surface area contributed by atoms with Crippen LogP contribution in [-0.2, 0) is 11.2 Å². The van der Waals surface area contributed by atoms with Crippen LogP contribution in [0, 0.1) is 0 Å². The van der Waals surface area contributed by atoms with Crippen LogP contribution >= 0.6 is 11.3 Å². The van der Waals surface area contributed by atoms with E-state index in [-0.39, 0.29) is 18.4 Å². The smallest absolute Gasteiger partial charge is 0.221 e. The van der Waals surface area contributed by atoms with Crippen molar-refractivity contribution in [3.05, 3.63) is 52.2 Å². The van der Waals surface area contributed by atoms with Crippen molar-refractivity contribution in [1.29, 1.82) is 0 Å². The maximum atomic E-state index is 11.0. The molecule has 1 aromatic carbocycles. The molecule has 2 aromatic rings. The number of thiophene rings is 1. The summed E-state index contributed by atoms with van der Waals surface area (Å²) in [4.78, 5) is 11.0. The highest BCUT2D eigenvalue weighted by atomic mass is 32.1. The van der Waals surface area contributed by atoms with E-state index in [1.165, 1.54) is 5.56 Å². The molecule has 0 radical (unpaired) electrons. The van der Waals surface area contributed by atoms with Crippen LogP contribution in [0.4, 0.5) is 5.69 Å². The molecule has 0 saturated carbocycles. The third-order valence-corrected chi connectivity index (χ3v) is 3.50. The van der Waals surface area contributed by atoms with Gasteiger partial charge in [0.25, 0.3) is 0 Å². The Kier molecular flexibility index (Phi) is 3.99. The van der Waals surface area contributed by atoms with Gasteiger partial charge in [0.05, 0.1) is 6.42 Å². The number of hydrogen-bond donors (Lipinski definition) is 2. The molecule has 0 aliphatic carbocycles. The molecule has 3 nitrogen and oxygen atoms in total. The van der Waals surface area contributed by atoms with Crippen molar-refractivity contribution >= 4 is 22.9 Å². The Morgan fingerprint density at radius 1 is 1.39 bits per heavy atom. The molecule has 1 unspecified atom stereocenters. The Morgan fingerprint density at radius 2 is 2.17 bits per heavy atom. The first-order valence-electron chi connectivity index (χ1n) is 5.81. The van der Waals surface area contributed by atoms with Gasteiger partial charge in [0.2, 0.25) is 5.91 Å². The first-order chi connectivity index (χ1) is 8.66. The Bertz CT molecular complexity index is 522. The van der Waals surface area contributed by atoms with Crippen molar-refractivity contribution in [1.82, 2.24) is 0 Å². The summed E-state index contributed by atoms with van der Waals surface area (Å²) in [5.74, 6) is -0.313. The maximum Gasteiger partial charge on any atom is 0.221 e. The van der Waals surface area contributed by atoms with Crippen LogP contribution in [0.1, 0.15) is 24.1 Å². The zero-order chi connectivity index (χ0) is 13.0. The molecule has 1 heterocycles. The van der Waals surface area contributed by atoms with Gasteiger partial charge in [-0.1, -0.05) is 18.2 Å². The number of anilines is 1. The van der Waals surface area contributed by atoms with E-state index >= 15 is 0 Å². The van der Waals surface area contributed by atoms with Gasteiger partial charge in [0.15, 0.2) is 0 Å². The third-order valence-electron chi connectivity index (χ3n) is 2.80. The van der Waals surface area contributed by atoms with Gasteiger partial charge in [-0.05, 0) is 40.9 Å². The molecule has 94 valence electrons. The summed E-state index contributed by atoms with van der Waals surface area (Å²) in [5.41, 5.74) is 8.40. The lowest BCUT2D eigenvalue weighted by molar-refractivity contribution is -0.117. The number of benzene rings is 1. The minimum Gasteiger partial charge on any atom is -0.378 e. The second-order valence-corrected chi connectivity index (χ2v) is 5.00. The fourth-order valence-corrected chi connectivity index (χ4v) is 2.60. The summed E-state index contributed by atoms with van der Waals surface area (Å²) >= 11 is 1.68. The highest BCUT2D eigenvalue weighted by molar-refractivity contribution is 7.07. The summed E-state index contributed by atoms with van der Waals surface area (Å²) in [5, 5.41) is 7.59. The van der Waals surface area contributed by atoms with E-state index in [1.54, 1.807) is 11.3 Å². The number of amides is 1. The number of carbonyl (C=O) groups is 1. The van der Waals surface area contributed by atoms with E-state index in [2.05, 4.69) is 29.1 Å². The van der Waals surface area contributed by atoms with Gasteiger partial charge in [-0.25, -0.2) is 0 Å². The fraction of sp³-hybridized carbons (Fsp3) is 0.214. The van der Waals surface area contributed by atoms with Gasteiger partial charge in [0, 0.05) is 11.7 Å². The predicted octanol–water partition coefficient (Wildman–Crippen LogP) is 2.95. The van der Waals surface area contributed by atoms with E-state index in [0.717, 1.165) is 11.3 Å². The van der Waals surface area contributed by atoms with E-state index in [4.69, 9.17) is 5.73 Å². The van der Waals surface area contributed by atoms with Crippen molar-refractivity contribution in [3.63, 3.8) is 0 Å². The molecule has 1 atom stereocenters. The Hall–Kier alpha value is -1.81. The zero-order valence-electron chi connectivity index (χ0n) is 10.2. The molecular weight excluding hydrogens is 244 g/mol. The minimum absolute atomic E-state index is 0.213. The van der Waals surface area contributed by atoms with Gasteiger partial charge in [-0.15, -0.1) is 0 Å². The molecule has 4 heteroatoms. The lowest BCUT2D eigenvalue weighted by Gasteiger charge is -2.17. The van der Waals surface area contributed by atoms with Crippen molar-refractivity contribution in [2.24, 2.45) is 5.73 Å². The monoisotopic (exact) mass is 260 g/mol. The SMILES string of the molecule is CC(Nc1ccccc1CC(N)=O)c1ccsc1. The van der Waals surface area contributed by atoms with E-state index in [1.807, 2.05) is 24.3 Å². The summed E-state index contributed by atoms with van der Waals surface area (Å²) in [7, 11) is 0. The number of carbonyl (C=O) groups excluding carboxylic acids is 1. The molecule has 0 aliphatic rings. The number of nitrogens with one attached hydrogen (secondary N) is 1. The van der Waals surface area contributed by atoms with Crippen LogP contribution in [0.3, 0.4) is 0 Å². The molecule has 1 aromatic heterocycles. The summed E-state index contributed by atoms with van der Waals surface area (Å²) in [6.45, 7) is 2.10. The number of nitrogens with two attached hydrogens (primary N) is 1. The molecule has 18 heavy (non-hydrogen) atoms. The molecule has 1 amide bonds. The van der Waals surface area contributed by atoms with Crippen LogP contribution in [0.5, 0.6) is 0 Å². The predicted molar refractivity (Wildman–Crippen MR) is 75.7 cm³/mol. The van der Waals surface area contributed by atoms with Gasteiger partial charge in [-0.3, -0.25) is 4.79 Å². The first-order valence-corrected chi connectivity index (χ1v) is 6.76. The normalized spacial score (nSPS) is 12.1. The molecule has 0 aliphatic heterocycles. The van der Waals surface area contributed by atoms with Gasteiger partial charge in [0.1, 0.15) is 0 Å². The Balaban J connectivity index is 2.16. The molecule has 3 N–H and O–H groups in total. The third kappa shape index (κ3) is 3.11. The first kappa shape index (κ1) is 12.6. The zero-order valence-corrected chi connectivity index (χ0v) is 11.0. The van der Waals surface area contributed by atoms with Crippen molar-refractivity contribution < 1.29 is 4.79 Å². The summed E-state index contributed by atoms with van der Waals surface area (Å²) in [6, 6.07) is 10.1. The molecule has 0 fully saturated rings. The summed E-state index contributed by atoms with van der Waals surface area (Å²) < 4.78 is 0. The topological polar surface area (TPSA) is 55.1 Å². The number of primary amides is 1. The largest absolute Gasteiger partial charge is 0.378 e. The van der Waals surface area contributed by atoms with Crippen LogP contribution in [-0.4, -0.2) is 5.91 Å². The second kappa shape index (κ2) is 5.69. The molecular formula is C14H16N2OS. The van der Waals surface area contributed by atoms with E-state index < -0.39 is 0 Å². The van der Waals surface area contributed by atoms with Gasteiger partial charge in [-0.2, -0.15) is 11.3 Å². The van der Waals surface area contributed by atoms with Gasteiger partial charge < -0.3 is 11.1 Å². The highest BCUT2D eigenvalue weighted by Crippen LogP contribution is 2.23. The number of rotatable bonds is 5. The molecule has 0 spiro atoms. The van der Waals surface area contributed by atoms with Gasteiger partial charge >= 0.3 is 0 Å². The molecule has 0 bridgehead atoms. The van der Waals surface area contributed by atoms with E-state index in [0.29, 0.717) is 0 Å². The highest BCUT2D eigenvalue weighted by Gasteiger charge is 2.09. The molecule has 0 saturated heterocycles. The maximum absolute atomic E-state index is 11.0. The quantitative estimate of drug-likeness (QED) is 0.868. The standard InChI is InChI=1S/C14H16N2OS/c1-10(12-6-7-18-9-12)16-13-5-3-2-4-11(13)8-14(15)17/h2-7,9-10,16H,8H2,1H3,(H2,15,17).